The first-order chi connectivity index (χ1) is 15.6. The molecule has 0 radical (unpaired) electrons. The molecule has 2 saturated heterocycles. The van der Waals surface area contributed by atoms with Crippen LogP contribution in [0.2, 0.25) is 0 Å². The summed E-state index contributed by atoms with van der Waals surface area (Å²) in [5.74, 6) is -0.557. The largest absolute Gasteiger partial charge is 0.507 e. The maximum Gasteiger partial charge on any atom is 0.295 e. The van der Waals surface area contributed by atoms with Crippen LogP contribution in [0.4, 0.5) is 0 Å². The van der Waals surface area contributed by atoms with Gasteiger partial charge in [-0.25, -0.2) is 0 Å². The van der Waals surface area contributed by atoms with Crippen molar-refractivity contribution in [2.75, 3.05) is 46.0 Å². The number of furan rings is 1. The molecule has 2 fully saturated rings. The molecule has 0 bridgehead atoms. The number of aliphatic hydroxyl groups excluding tert-OH is 1. The topological polar surface area (TPSA) is 92.5 Å². The number of benzene rings is 1. The van der Waals surface area contributed by atoms with Crippen LogP contribution in [0.3, 0.4) is 0 Å². The van der Waals surface area contributed by atoms with Crippen LogP contribution in [0, 0.1) is 0 Å². The Hall–Kier alpha value is -3.10. The maximum absolute atomic E-state index is 13.0. The molecule has 8 heteroatoms. The number of rotatable bonds is 8. The Morgan fingerprint density at radius 1 is 1.16 bits per heavy atom. The highest BCUT2D eigenvalue weighted by atomic mass is 16.5. The van der Waals surface area contributed by atoms with Gasteiger partial charge in [0, 0.05) is 31.7 Å². The summed E-state index contributed by atoms with van der Waals surface area (Å²) in [6.45, 7) is 6.65. The number of hydrogen-bond donors (Lipinski definition) is 1. The molecule has 4 rings (SSSR count). The van der Waals surface area contributed by atoms with Crippen molar-refractivity contribution in [3.05, 3.63) is 59.6 Å². The number of hydrogen-bond acceptors (Lipinski definition) is 7. The minimum Gasteiger partial charge on any atom is -0.507 e. The van der Waals surface area contributed by atoms with E-state index in [2.05, 4.69) is 4.90 Å². The van der Waals surface area contributed by atoms with Crippen LogP contribution in [0.1, 0.15) is 30.7 Å². The lowest BCUT2D eigenvalue weighted by Crippen LogP contribution is -2.38. The molecule has 2 aliphatic rings. The average Bonchev–Trinajstić information content (AvgIpc) is 3.42. The van der Waals surface area contributed by atoms with Crippen molar-refractivity contribution in [2.45, 2.75) is 19.4 Å². The molecule has 1 atom stereocenters. The van der Waals surface area contributed by atoms with Crippen LogP contribution >= 0.6 is 0 Å². The number of ketones is 1. The van der Waals surface area contributed by atoms with Gasteiger partial charge in [-0.1, -0.05) is 12.1 Å². The van der Waals surface area contributed by atoms with Gasteiger partial charge in [0.2, 0.25) is 0 Å². The Labute approximate surface area is 187 Å². The van der Waals surface area contributed by atoms with E-state index >= 15 is 0 Å². The highest BCUT2D eigenvalue weighted by molar-refractivity contribution is 6.46. The third kappa shape index (κ3) is 4.56. The molecule has 32 heavy (non-hydrogen) atoms. The van der Waals surface area contributed by atoms with Gasteiger partial charge in [0.25, 0.3) is 11.7 Å². The van der Waals surface area contributed by atoms with Crippen molar-refractivity contribution in [2.24, 2.45) is 0 Å². The fourth-order valence-electron chi connectivity index (χ4n) is 4.20. The molecule has 8 nitrogen and oxygen atoms in total. The molecule has 3 heterocycles. The van der Waals surface area contributed by atoms with Gasteiger partial charge < -0.3 is 23.9 Å². The van der Waals surface area contributed by atoms with Gasteiger partial charge in [-0.15, -0.1) is 0 Å². The fraction of sp³-hybridized carbons (Fsp3) is 0.417. The van der Waals surface area contributed by atoms with E-state index in [1.165, 1.54) is 11.2 Å². The van der Waals surface area contributed by atoms with Crippen LogP contribution in [0.25, 0.3) is 5.76 Å². The second-order valence-corrected chi connectivity index (χ2v) is 7.78. The summed E-state index contributed by atoms with van der Waals surface area (Å²) >= 11 is 0. The zero-order valence-corrected chi connectivity index (χ0v) is 18.2. The molecule has 1 aromatic heterocycles. The zero-order valence-electron chi connectivity index (χ0n) is 18.2. The van der Waals surface area contributed by atoms with E-state index in [1.807, 2.05) is 6.92 Å². The summed E-state index contributed by atoms with van der Waals surface area (Å²) in [4.78, 5) is 29.7. The van der Waals surface area contributed by atoms with Crippen molar-refractivity contribution in [1.82, 2.24) is 9.80 Å². The number of Topliss-reactive ketones (excluding diaryl/α,β-unsaturated/α-hetero) is 1. The Morgan fingerprint density at radius 2 is 1.97 bits per heavy atom. The van der Waals surface area contributed by atoms with Crippen LogP contribution in [-0.4, -0.2) is 72.6 Å². The second kappa shape index (κ2) is 10.0. The number of carbonyl (C=O) groups excluding carboxylic acids is 2. The molecule has 2 aliphatic heterocycles. The van der Waals surface area contributed by atoms with E-state index in [0.29, 0.717) is 49.9 Å². The average molecular weight is 440 g/mol. The van der Waals surface area contributed by atoms with Gasteiger partial charge in [-0.2, -0.15) is 0 Å². The Balaban J connectivity index is 1.62. The molecular weight excluding hydrogens is 412 g/mol. The number of nitrogens with zero attached hydrogens (tertiary/aromatic N) is 2. The summed E-state index contributed by atoms with van der Waals surface area (Å²) < 4.78 is 16.5. The molecule has 1 unspecified atom stereocenters. The predicted molar refractivity (Wildman–Crippen MR) is 117 cm³/mol. The van der Waals surface area contributed by atoms with E-state index in [9.17, 15) is 14.7 Å². The Morgan fingerprint density at radius 3 is 2.69 bits per heavy atom. The van der Waals surface area contributed by atoms with Crippen molar-refractivity contribution >= 4 is 17.4 Å². The van der Waals surface area contributed by atoms with Gasteiger partial charge in [0.1, 0.15) is 23.3 Å². The van der Waals surface area contributed by atoms with E-state index in [1.54, 1.807) is 36.4 Å². The first-order valence-corrected chi connectivity index (χ1v) is 10.9. The molecule has 2 aromatic rings. The van der Waals surface area contributed by atoms with Crippen molar-refractivity contribution in [1.29, 1.82) is 0 Å². The highest BCUT2D eigenvalue weighted by Crippen LogP contribution is 2.39. The van der Waals surface area contributed by atoms with Gasteiger partial charge in [-0.05, 0) is 37.6 Å². The van der Waals surface area contributed by atoms with Gasteiger partial charge in [0.15, 0.2) is 0 Å². The van der Waals surface area contributed by atoms with Crippen LogP contribution in [0.5, 0.6) is 5.75 Å². The third-order valence-electron chi connectivity index (χ3n) is 5.75. The molecule has 0 saturated carbocycles. The number of morpholine rings is 1. The van der Waals surface area contributed by atoms with E-state index in [0.717, 1.165) is 19.6 Å². The highest BCUT2D eigenvalue weighted by Gasteiger charge is 2.47. The molecule has 0 aliphatic carbocycles. The minimum atomic E-state index is -0.773. The maximum atomic E-state index is 13.0. The number of aliphatic hydroxyl groups is 1. The Bertz CT molecular complexity index is 978. The lowest BCUT2D eigenvalue weighted by atomic mass is 9.99. The van der Waals surface area contributed by atoms with E-state index < -0.39 is 17.7 Å². The monoisotopic (exact) mass is 440 g/mol. The number of ether oxygens (including phenoxy) is 2. The van der Waals surface area contributed by atoms with E-state index in [4.69, 9.17) is 13.9 Å². The standard InChI is InChI=1S/C24H28N2O6/c1-2-31-18-7-3-6-17(16-18)22(27)20-21(19-8-4-13-32-19)26(24(29)23(20)28)10-5-9-25-11-14-30-15-12-25/h3-4,6-8,13,16,21,27H,2,5,9-12,14-15H2,1H3/b22-20+. The van der Waals surface area contributed by atoms with Crippen molar-refractivity contribution < 1.29 is 28.6 Å². The Kier molecular flexibility index (Phi) is 6.92. The minimum absolute atomic E-state index is 0.0324. The summed E-state index contributed by atoms with van der Waals surface area (Å²) in [6, 6.07) is 9.50. The predicted octanol–water partition coefficient (Wildman–Crippen LogP) is 2.82. The second-order valence-electron chi connectivity index (χ2n) is 7.78. The lowest BCUT2D eigenvalue weighted by Gasteiger charge is -2.28. The quantitative estimate of drug-likeness (QED) is 0.383. The van der Waals surface area contributed by atoms with E-state index in [-0.39, 0.29) is 11.3 Å². The zero-order chi connectivity index (χ0) is 22.5. The molecule has 1 N–H and O–H groups in total. The lowest BCUT2D eigenvalue weighted by molar-refractivity contribution is -0.140. The van der Waals surface area contributed by atoms with Crippen LogP contribution in [-0.2, 0) is 14.3 Å². The summed E-state index contributed by atoms with van der Waals surface area (Å²) in [5, 5.41) is 11.1. The summed E-state index contributed by atoms with van der Waals surface area (Å²) in [7, 11) is 0. The van der Waals surface area contributed by atoms with Crippen LogP contribution in [0.15, 0.2) is 52.7 Å². The molecule has 1 aromatic carbocycles. The molecule has 0 spiro atoms. The van der Waals surface area contributed by atoms with Crippen molar-refractivity contribution in [3.63, 3.8) is 0 Å². The van der Waals surface area contributed by atoms with Crippen molar-refractivity contribution in [3.8, 4) is 5.75 Å². The summed E-state index contributed by atoms with van der Waals surface area (Å²) in [6.07, 6.45) is 2.20. The summed E-state index contributed by atoms with van der Waals surface area (Å²) in [5.41, 5.74) is 0.448. The first-order valence-electron chi connectivity index (χ1n) is 10.9. The molecule has 170 valence electrons. The normalized spacial score (nSPS) is 21.3. The van der Waals surface area contributed by atoms with Crippen LogP contribution < -0.4 is 4.74 Å². The van der Waals surface area contributed by atoms with Gasteiger partial charge in [-0.3, -0.25) is 14.5 Å². The molecule has 1 amide bonds. The number of amides is 1. The third-order valence-corrected chi connectivity index (χ3v) is 5.75. The number of carbonyl (C=O) groups is 2. The fourth-order valence-corrected chi connectivity index (χ4v) is 4.20. The first kappa shape index (κ1) is 22.1. The smallest absolute Gasteiger partial charge is 0.295 e. The van der Waals surface area contributed by atoms with Gasteiger partial charge in [0.05, 0.1) is 31.7 Å². The van der Waals surface area contributed by atoms with Gasteiger partial charge >= 0.3 is 0 Å². The number of likely N-dealkylation sites (tertiary alicyclic amines) is 1. The molecular formula is C24H28N2O6. The SMILES string of the molecule is CCOc1cccc(/C(O)=C2\C(=O)C(=O)N(CCCN3CCOCC3)C2c2ccco2)c1.